The lowest BCUT2D eigenvalue weighted by Gasteiger charge is -2.12. The minimum absolute atomic E-state index is 0.0261. The molecule has 6 heteroatoms. The van der Waals surface area contributed by atoms with Crippen molar-refractivity contribution in [3.8, 4) is 0 Å². The molecule has 0 spiro atoms. The number of hydrogen-bond acceptors (Lipinski definition) is 4. The molecule has 15 heavy (non-hydrogen) atoms. The molecule has 0 bridgehead atoms. The molecule has 0 aromatic carbocycles. The van der Waals surface area contributed by atoms with E-state index in [9.17, 15) is 9.18 Å². The Labute approximate surface area is 94.8 Å². The van der Waals surface area contributed by atoms with Crippen molar-refractivity contribution >= 4 is 21.9 Å². The predicted molar refractivity (Wildman–Crippen MR) is 55.7 cm³/mol. The van der Waals surface area contributed by atoms with Gasteiger partial charge in [-0.25, -0.2) is 4.98 Å². The van der Waals surface area contributed by atoms with Crippen molar-refractivity contribution in [2.75, 3.05) is 13.7 Å². The van der Waals surface area contributed by atoms with Crippen molar-refractivity contribution in [3.05, 3.63) is 28.2 Å². The number of ether oxygens (including phenoxy) is 1. The number of pyridine rings is 1. The Balaban J connectivity index is 3.11. The summed E-state index contributed by atoms with van der Waals surface area (Å²) in [4.78, 5) is 14.8. The highest BCUT2D eigenvalue weighted by Crippen LogP contribution is 2.21. The van der Waals surface area contributed by atoms with Crippen molar-refractivity contribution in [2.45, 2.75) is 5.92 Å². The Bertz CT molecular complexity index is 373. The Hall–Kier alpha value is -1.01. The van der Waals surface area contributed by atoms with Gasteiger partial charge in [-0.05, 0) is 22.0 Å². The molecular weight excluding hydrogens is 267 g/mol. The van der Waals surface area contributed by atoms with Crippen LogP contribution >= 0.6 is 15.9 Å². The Morgan fingerprint density at radius 2 is 2.47 bits per heavy atom. The highest BCUT2D eigenvalue weighted by Gasteiger charge is 2.23. The zero-order valence-electron chi connectivity index (χ0n) is 8.04. The average Bonchev–Trinajstić information content (AvgIpc) is 2.23. The lowest BCUT2D eigenvalue weighted by Crippen LogP contribution is -2.24. The second-order valence-corrected chi connectivity index (χ2v) is 3.76. The van der Waals surface area contributed by atoms with E-state index in [0.29, 0.717) is 4.47 Å². The molecule has 0 saturated heterocycles. The van der Waals surface area contributed by atoms with E-state index < -0.39 is 17.8 Å². The molecular formula is C9H10BrFN2O2. The fourth-order valence-electron chi connectivity index (χ4n) is 1.18. The van der Waals surface area contributed by atoms with Crippen molar-refractivity contribution in [3.63, 3.8) is 0 Å². The zero-order valence-corrected chi connectivity index (χ0v) is 9.62. The molecule has 0 aliphatic carbocycles. The third-order valence-corrected chi connectivity index (χ3v) is 2.36. The minimum Gasteiger partial charge on any atom is -0.469 e. The number of carbonyl (C=O) groups is 1. The SMILES string of the molecule is COC(=O)C(CN)c1cc(Br)cnc1F. The van der Waals surface area contributed by atoms with Gasteiger partial charge in [0.2, 0.25) is 5.95 Å². The lowest BCUT2D eigenvalue weighted by atomic mass is 10.0. The molecule has 1 unspecified atom stereocenters. The van der Waals surface area contributed by atoms with Crippen LogP contribution < -0.4 is 5.73 Å². The van der Waals surface area contributed by atoms with Crippen LogP contribution in [0.15, 0.2) is 16.7 Å². The molecule has 0 aliphatic heterocycles. The fourth-order valence-corrected chi connectivity index (χ4v) is 1.52. The fraction of sp³-hybridized carbons (Fsp3) is 0.333. The number of halogens is 2. The number of nitrogens with zero attached hydrogens (tertiary/aromatic N) is 1. The van der Waals surface area contributed by atoms with E-state index in [4.69, 9.17) is 5.73 Å². The van der Waals surface area contributed by atoms with Crippen LogP contribution in [-0.2, 0) is 9.53 Å². The summed E-state index contributed by atoms with van der Waals surface area (Å²) < 4.78 is 18.4. The molecule has 0 amide bonds. The summed E-state index contributed by atoms with van der Waals surface area (Å²) in [5.74, 6) is -2.10. The Morgan fingerprint density at radius 1 is 1.80 bits per heavy atom. The number of aromatic nitrogens is 1. The van der Waals surface area contributed by atoms with E-state index in [1.165, 1.54) is 19.4 Å². The van der Waals surface area contributed by atoms with Crippen molar-refractivity contribution in [1.82, 2.24) is 4.98 Å². The molecule has 4 nitrogen and oxygen atoms in total. The summed E-state index contributed by atoms with van der Waals surface area (Å²) in [6, 6.07) is 1.47. The van der Waals surface area contributed by atoms with Gasteiger partial charge in [-0.3, -0.25) is 4.79 Å². The third kappa shape index (κ3) is 2.73. The molecule has 82 valence electrons. The van der Waals surface area contributed by atoms with Crippen LogP contribution in [0.1, 0.15) is 11.5 Å². The van der Waals surface area contributed by atoms with Gasteiger partial charge in [-0.1, -0.05) is 0 Å². The normalized spacial score (nSPS) is 12.3. The van der Waals surface area contributed by atoms with Gasteiger partial charge in [-0.15, -0.1) is 0 Å². The van der Waals surface area contributed by atoms with Gasteiger partial charge in [0.25, 0.3) is 0 Å². The van der Waals surface area contributed by atoms with Crippen LogP contribution in [-0.4, -0.2) is 24.6 Å². The maximum atomic E-state index is 13.3. The average molecular weight is 277 g/mol. The smallest absolute Gasteiger partial charge is 0.314 e. The standard InChI is InChI=1S/C9H10BrFN2O2/c1-15-9(14)7(3-12)6-2-5(10)4-13-8(6)11/h2,4,7H,3,12H2,1H3. The third-order valence-electron chi connectivity index (χ3n) is 1.93. The first kappa shape index (κ1) is 12.1. The largest absolute Gasteiger partial charge is 0.469 e. The molecule has 1 aromatic heterocycles. The van der Waals surface area contributed by atoms with E-state index in [-0.39, 0.29) is 12.1 Å². The molecule has 1 aromatic rings. The van der Waals surface area contributed by atoms with Gasteiger partial charge < -0.3 is 10.5 Å². The van der Waals surface area contributed by atoms with Crippen LogP contribution in [0.4, 0.5) is 4.39 Å². The van der Waals surface area contributed by atoms with Crippen LogP contribution in [0.3, 0.4) is 0 Å². The first-order valence-electron chi connectivity index (χ1n) is 4.19. The monoisotopic (exact) mass is 276 g/mol. The van der Waals surface area contributed by atoms with Crippen molar-refractivity contribution < 1.29 is 13.9 Å². The van der Waals surface area contributed by atoms with E-state index in [1.807, 2.05) is 0 Å². The van der Waals surface area contributed by atoms with Crippen LogP contribution in [0, 0.1) is 5.95 Å². The van der Waals surface area contributed by atoms with Gasteiger partial charge in [0, 0.05) is 22.8 Å². The summed E-state index contributed by atoms with van der Waals surface area (Å²) >= 11 is 3.14. The first-order chi connectivity index (χ1) is 7.10. The molecule has 2 N–H and O–H groups in total. The zero-order chi connectivity index (χ0) is 11.4. The van der Waals surface area contributed by atoms with Crippen LogP contribution in [0.5, 0.6) is 0 Å². The summed E-state index contributed by atoms with van der Waals surface area (Å²) in [6.07, 6.45) is 1.31. The molecule has 1 heterocycles. The summed E-state index contributed by atoms with van der Waals surface area (Å²) in [6.45, 7) is -0.0261. The second kappa shape index (κ2) is 5.18. The molecule has 0 fully saturated rings. The number of esters is 1. The number of rotatable bonds is 3. The van der Waals surface area contributed by atoms with Gasteiger partial charge >= 0.3 is 5.97 Å². The van der Waals surface area contributed by atoms with E-state index in [1.54, 1.807) is 0 Å². The summed E-state index contributed by atoms with van der Waals surface area (Å²) in [5, 5.41) is 0. The van der Waals surface area contributed by atoms with Crippen LogP contribution in [0.25, 0.3) is 0 Å². The first-order valence-corrected chi connectivity index (χ1v) is 4.98. The van der Waals surface area contributed by atoms with E-state index in [2.05, 4.69) is 25.7 Å². The topological polar surface area (TPSA) is 65.2 Å². The van der Waals surface area contributed by atoms with E-state index >= 15 is 0 Å². The Morgan fingerprint density at radius 3 is 3.00 bits per heavy atom. The van der Waals surface area contributed by atoms with Gasteiger partial charge in [0.1, 0.15) is 0 Å². The summed E-state index contributed by atoms with van der Waals surface area (Å²) in [5.41, 5.74) is 5.53. The molecule has 0 radical (unpaired) electrons. The van der Waals surface area contributed by atoms with Gasteiger partial charge in [0.05, 0.1) is 13.0 Å². The molecule has 1 rings (SSSR count). The number of methoxy groups -OCH3 is 1. The van der Waals surface area contributed by atoms with Crippen molar-refractivity contribution in [2.24, 2.45) is 5.73 Å². The quantitative estimate of drug-likeness (QED) is 0.666. The highest BCUT2D eigenvalue weighted by atomic mass is 79.9. The van der Waals surface area contributed by atoms with E-state index in [0.717, 1.165) is 0 Å². The maximum absolute atomic E-state index is 13.3. The molecule has 1 atom stereocenters. The number of carbonyl (C=O) groups excluding carboxylic acids is 1. The minimum atomic E-state index is -0.819. The van der Waals surface area contributed by atoms with Crippen LogP contribution in [0.2, 0.25) is 0 Å². The number of nitrogens with two attached hydrogens (primary N) is 1. The predicted octanol–water partition coefficient (Wildman–Crippen LogP) is 1.20. The molecule has 0 aliphatic rings. The number of hydrogen-bond donors (Lipinski definition) is 1. The highest BCUT2D eigenvalue weighted by molar-refractivity contribution is 9.10. The second-order valence-electron chi connectivity index (χ2n) is 2.85. The summed E-state index contributed by atoms with van der Waals surface area (Å²) in [7, 11) is 1.23. The maximum Gasteiger partial charge on any atom is 0.314 e. The lowest BCUT2D eigenvalue weighted by molar-refractivity contribution is -0.142. The van der Waals surface area contributed by atoms with Gasteiger partial charge in [-0.2, -0.15) is 4.39 Å². The Kier molecular flexibility index (Phi) is 4.16. The van der Waals surface area contributed by atoms with Gasteiger partial charge in [0.15, 0.2) is 0 Å². The van der Waals surface area contributed by atoms with Crippen molar-refractivity contribution in [1.29, 1.82) is 0 Å². The molecule has 0 saturated carbocycles.